The molecule has 0 spiro atoms. The molecule has 0 aromatic carbocycles. The predicted octanol–water partition coefficient (Wildman–Crippen LogP) is -13.7. The van der Waals surface area contributed by atoms with Crippen LogP contribution in [-0.2, 0) is 0 Å². The van der Waals surface area contributed by atoms with Crippen LogP contribution in [0.15, 0.2) is 0 Å². The molecular formula is H4AlCl4NO4. The van der Waals surface area contributed by atoms with E-state index in [4.69, 9.17) is 18.6 Å². The van der Waals surface area contributed by atoms with E-state index in [0.29, 0.717) is 0 Å². The van der Waals surface area contributed by atoms with Gasteiger partial charge in [-0.1, -0.05) is 0 Å². The van der Waals surface area contributed by atoms with Gasteiger partial charge in [-0.05, 0) is 0 Å². The average Bonchev–Trinajstić information content (AvgIpc) is 0.722. The van der Waals surface area contributed by atoms with Gasteiger partial charge in [0.25, 0.3) is 0 Å². The molecule has 0 unspecified atom stereocenters. The van der Waals surface area contributed by atoms with Crippen LogP contribution in [0.2, 0.25) is 0 Å². The normalized spacial score (nSPS) is 6.00. The second-order valence-electron chi connectivity index (χ2n) is 0.378. The SMILES string of the molecule is [Al+3].[Cl-].[Cl-].[Cl-].[NH4+].[O-][Cl+3]([O-])([O-])[O-]. The maximum atomic E-state index is 8.49. The van der Waals surface area contributed by atoms with E-state index in [0.717, 1.165) is 0 Å². The third-order valence-corrected chi connectivity index (χ3v) is 0. The molecule has 0 heterocycles. The fourth-order valence-corrected chi connectivity index (χ4v) is 0. The molecule has 4 N–H and O–H groups in total. The van der Waals surface area contributed by atoms with Gasteiger partial charge in [-0.15, -0.1) is 10.2 Å². The Morgan fingerprint density at radius 1 is 0.700 bits per heavy atom. The summed E-state index contributed by atoms with van der Waals surface area (Å²) in [6, 6.07) is 0. The Bertz CT molecular complexity index is 32.7. The summed E-state index contributed by atoms with van der Waals surface area (Å²) in [7, 11) is -4.94. The first kappa shape index (κ1) is 41.9. The fraction of sp³-hybridized carbons (Fsp3) is 0. The zero-order chi connectivity index (χ0) is 4.50. The molecule has 0 rings (SSSR count). The molecule has 0 aliphatic heterocycles. The Balaban J connectivity index is -0.00000000800. The minimum atomic E-state index is -4.94. The first-order valence-corrected chi connectivity index (χ1v) is 1.85. The van der Waals surface area contributed by atoms with Gasteiger partial charge in [0.2, 0.25) is 0 Å². The van der Waals surface area contributed by atoms with Crippen molar-refractivity contribution in [1.29, 1.82) is 0 Å². The minimum absolute atomic E-state index is 0. The number of rotatable bonds is 0. The number of hydrogen-bond acceptors (Lipinski definition) is 4. The molecule has 0 atom stereocenters. The topological polar surface area (TPSA) is 129 Å². The van der Waals surface area contributed by atoms with Gasteiger partial charge >= 0.3 is 17.4 Å². The summed E-state index contributed by atoms with van der Waals surface area (Å²) < 4.78 is 34.0. The number of halogens is 4. The summed E-state index contributed by atoms with van der Waals surface area (Å²) in [6.45, 7) is 0. The standard InChI is InChI=1S/Al.ClHO4.3ClH.H3N/c;2-1(3,4)5;;;;/h;(H,2,3,4,5);3*1H;1H3/q+3;;;;;/p-3. The van der Waals surface area contributed by atoms with Crippen LogP contribution in [0.5, 0.6) is 0 Å². The van der Waals surface area contributed by atoms with Crippen LogP contribution in [0.1, 0.15) is 0 Å². The quantitative estimate of drug-likeness (QED) is 0.428. The van der Waals surface area contributed by atoms with Crippen molar-refractivity contribution in [3.05, 3.63) is 0 Å². The van der Waals surface area contributed by atoms with Gasteiger partial charge in [0.15, 0.2) is 0 Å². The van der Waals surface area contributed by atoms with Crippen molar-refractivity contribution in [2.24, 2.45) is 0 Å². The van der Waals surface area contributed by atoms with E-state index in [1.54, 1.807) is 0 Å². The van der Waals surface area contributed by atoms with Gasteiger partial charge in [-0.3, -0.25) is 0 Å². The zero-order valence-electron chi connectivity index (χ0n) is 4.72. The molecule has 0 fully saturated rings. The molecule has 0 amide bonds. The summed E-state index contributed by atoms with van der Waals surface area (Å²) >= 11 is 0. The van der Waals surface area contributed by atoms with E-state index in [2.05, 4.69) is 0 Å². The van der Waals surface area contributed by atoms with Crippen LogP contribution < -0.4 is 62.0 Å². The van der Waals surface area contributed by atoms with Crippen molar-refractivity contribution in [1.82, 2.24) is 6.15 Å². The molecule has 0 radical (unpaired) electrons. The summed E-state index contributed by atoms with van der Waals surface area (Å²) in [5, 5.41) is 0. The first-order chi connectivity index (χ1) is 2.00. The van der Waals surface area contributed by atoms with Crippen LogP contribution in [0.3, 0.4) is 0 Å². The third-order valence-electron chi connectivity index (χ3n) is 0. The van der Waals surface area contributed by atoms with Crippen molar-refractivity contribution in [2.45, 2.75) is 0 Å². The molecule has 0 bridgehead atoms. The maximum Gasteiger partial charge on any atom is 3.00 e. The second kappa shape index (κ2) is 16.8. The maximum absolute atomic E-state index is 8.49. The molecule has 0 aromatic heterocycles. The fourth-order valence-electron chi connectivity index (χ4n) is 0. The Morgan fingerprint density at radius 3 is 0.700 bits per heavy atom. The van der Waals surface area contributed by atoms with Crippen LogP contribution >= 0.6 is 0 Å². The molecule has 0 aromatic rings. The Hall–Kier alpha value is 1.49. The molecule has 5 nitrogen and oxygen atoms in total. The minimum Gasteiger partial charge on any atom is -1.00 e. The first-order valence-electron chi connectivity index (χ1n) is 0.617. The van der Waals surface area contributed by atoms with Gasteiger partial charge in [0.1, 0.15) is 0 Å². The average molecular weight is 251 g/mol. The Labute approximate surface area is 89.5 Å². The Morgan fingerprint density at radius 2 is 0.700 bits per heavy atom. The van der Waals surface area contributed by atoms with Crippen LogP contribution in [-0.4, -0.2) is 17.4 Å². The molecule has 10 heavy (non-hydrogen) atoms. The predicted molar refractivity (Wildman–Crippen MR) is 11.7 cm³/mol. The molecule has 0 saturated heterocycles. The van der Waals surface area contributed by atoms with Crippen molar-refractivity contribution in [3.8, 4) is 0 Å². The summed E-state index contributed by atoms with van der Waals surface area (Å²) in [5.41, 5.74) is 0. The summed E-state index contributed by atoms with van der Waals surface area (Å²) in [4.78, 5) is 0. The van der Waals surface area contributed by atoms with Gasteiger partial charge < -0.3 is 43.4 Å². The summed E-state index contributed by atoms with van der Waals surface area (Å²) in [5.74, 6) is 0. The molecule has 0 saturated carbocycles. The van der Waals surface area contributed by atoms with Crippen molar-refractivity contribution in [2.75, 3.05) is 0 Å². The second-order valence-corrected chi connectivity index (χ2v) is 1.13. The van der Waals surface area contributed by atoms with Gasteiger partial charge in [0.05, 0.1) is 0 Å². The van der Waals surface area contributed by atoms with Crippen LogP contribution in [0.25, 0.3) is 0 Å². The van der Waals surface area contributed by atoms with Crippen molar-refractivity contribution in [3.63, 3.8) is 0 Å². The molecular weight excluding hydrogens is 247 g/mol. The van der Waals surface area contributed by atoms with Crippen LogP contribution in [0, 0.1) is 10.2 Å². The monoisotopic (exact) mass is 249 g/mol. The van der Waals surface area contributed by atoms with E-state index in [9.17, 15) is 0 Å². The molecule has 10 heteroatoms. The van der Waals surface area contributed by atoms with Crippen molar-refractivity contribution >= 4 is 17.4 Å². The van der Waals surface area contributed by atoms with Crippen molar-refractivity contribution < 1.29 is 66.1 Å². The van der Waals surface area contributed by atoms with Gasteiger partial charge in [0, 0.05) is 0 Å². The van der Waals surface area contributed by atoms with E-state index in [1.807, 2.05) is 0 Å². The summed E-state index contributed by atoms with van der Waals surface area (Å²) in [6.07, 6.45) is 0. The van der Waals surface area contributed by atoms with E-state index < -0.39 is 10.2 Å². The molecule has 64 valence electrons. The Kier molecular flexibility index (Phi) is 70.6. The van der Waals surface area contributed by atoms with Gasteiger partial charge in [-0.25, -0.2) is 18.6 Å². The number of quaternary nitrogens is 1. The molecule has 0 aliphatic rings. The molecule has 0 aliphatic carbocycles. The van der Waals surface area contributed by atoms with E-state index in [1.165, 1.54) is 0 Å². The number of hydrogen-bond donors (Lipinski definition) is 1. The smallest absolute Gasteiger partial charge is 1.00 e. The van der Waals surface area contributed by atoms with E-state index in [-0.39, 0.29) is 60.7 Å². The van der Waals surface area contributed by atoms with Gasteiger partial charge in [-0.2, -0.15) is 0 Å². The van der Waals surface area contributed by atoms with Crippen LogP contribution in [0.4, 0.5) is 0 Å². The zero-order valence-corrected chi connectivity index (χ0v) is 8.90. The largest absolute Gasteiger partial charge is 3.00 e. The van der Waals surface area contributed by atoms with E-state index >= 15 is 0 Å². The third kappa shape index (κ3) is 307.